The van der Waals surface area contributed by atoms with Gasteiger partial charge in [0.1, 0.15) is 0 Å². The summed E-state index contributed by atoms with van der Waals surface area (Å²) in [5.74, 6) is 2.64. The number of benzene rings is 2. The molecule has 0 heterocycles. The third-order valence-electron chi connectivity index (χ3n) is 2.14. The van der Waals surface area contributed by atoms with Gasteiger partial charge in [0.2, 0.25) is 0 Å². The molecule has 0 saturated carbocycles. The average molecular weight is 178 g/mol. The second-order valence-corrected chi connectivity index (χ2v) is 3.09. The van der Waals surface area contributed by atoms with Crippen LogP contribution in [-0.4, -0.2) is 0 Å². The molecule has 0 amide bonds. The van der Waals surface area contributed by atoms with E-state index in [2.05, 4.69) is 24.1 Å². The first kappa shape index (κ1) is 8.59. The second-order valence-electron chi connectivity index (χ2n) is 3.09. The molecule has 0 atom stereocenters. The zero-order chi connectivity index (χ0) is 9.80. The molecule has 2 aromatic rings. The lowest BCUT2D eigenvalue weighted by Gasteiger charge is -2.01. The van der Waals surface area contributed by atoms with E-state index in [0.717, 1.165) is 5.56 Å². The summed E-state index contributed by atoms with van der Waals surface area (Å²) in [4.78, 5) is 0. The molecule has 0 spiro atoms. The maximum Gasteiger partial charge on any atom is 0.0248 e. The molecule has 0 saturated heterocycles. The summed E-state index contributed by atoms with van der Waals surface area (Å²) in [5, 5.41) is 0. The predicted molar refractivity (Wildman–Crippen MR) is 59.8 cm³/mol. The van der Waals surface area contributed by atoms with Gasteiger partial charge in [0, 0.05) is 5.56 Å². The quantitative estimate of drug-likeness (QED) is 0.587. The van der Waals surface area contributed by atoms with Gasteiger partial charge in [-0.1, -0.05) is 48.4 Å². The Bertz CT molecular complexity index is 461. The van der Waals surface area contributed by atoms with Crippen molar-refractivity contribution < 1.29 is 0 Å². The third kappa shape index (κ3) is 1.67. The average Bonchev–Trinajstić information content (AvgIpc) is 2.30. The summed E-state index contributed by atoms with van der Waals surface area (Å²) in [6.45, 7) is 0. The van der Waals surface area contributed by atoms with Gasteiger partial charge in [-0.15, -0.1) is 6.42 Å². The van der Waals surface area contributed by atoms with Crippen LogP contribution in [0.2, 0.25) is 0 Å². The molecule has 0 N–H and O–H groups in total. The minimum atomic E-state index is 0.923. The molecule has 0 aliphatic heterocycles. The molecule has 0 radical (unpaired) electrons. The van der Waals surface area contributed by atoms with Crippen molar-refractivity contribution >= 4 is 0 Å². The highest BCUT2D eigenvalue weighted by atomic mass is 14.0. The molecule has 0 aliphatic rings. The van der Waals surface area contributed by atoms with Crippen molar-refractivity contribution in [3.63, 3.8) is 0 Å². The lowest BCUT2D eigenvalue weighted by atomic mass is 10.0. The zero-order valence-corrected chi connectivity index (χ0v) is 7.77. The van der Waals surface area contributed by atoms with Crippen LogP contribution in [0.3, 0.4) is 0 Å². The van der Waals surface area contributed by atoms with Crippen molar-refractivity contribution in [3.05, 3.63) is 60.2 Å². The fourth-order valence-electron chi connectivity index (χ4n) is 1.42. The van der Waals surface area contributed by atoms with E-state index in [1.54, 1.807) is 0 Å². The van der Waals surface area contributed by atoms with E-state index < -0.39 is 0 Å². The van der Waals surface area contributed by atoms with Crippen molar-refractivity contribution in [3.8, 4) is 23.5 Å². The predicted octanol–water partition coefficient (Wildman–Crippen LogP) is 3.33. The summed E-state index contributed by atoms with van der Waals surface area (Å²) in [6.07, 6.45) is 5.35. The fourth-order valence-corrected chi connectivity index (χ4v) is 1.42. The normalized spacial score (nSPS) is 9.36. The zero-order valence-electron chi connectivity index (χ0n) is 7.77. The molecular weight excluding hydrogens is 168 g/mol. The molecular formula is C14H10. The first-order valence-corrected chi connectivity index (χ1v) is 4.52. The van der Waals surface area contributed by atoms with E-state index in [0.29, 0.717) is 0 Å². The van der Waals surface area contributed by atoms with E-state index in [4.69, 9.17) is 6.42 Å². The smallest absolute Gasteiger partial charge is 0.0248 e. The van der Waals surface area contributed by atoms with Gasteiger partial charge < -0.3 is 0 Å². The third-order valence-corrected chi connectivity index (χ3v) is 2.14. The maximum atomic E-state index is 5.35. The summed E-state index contributed by atoms with van der Waals surface area (Å²) >= 11 is 0. The molecule has 0 aromatic heterocycles. The van der Waals surface area contributed by atoms with E-state index in [1.165, 1.54) is 11.1 Å². The van der Waals surface area contributed by atoms with E-state index in [9.17, 15) is 0 Å². The summed E-state index contributed by atoms with van der Waals surface area (Å²) in [5.41, 5.74) is 3.29. The lowest BCUT2D eigenvalue weighted by Crippen LogP contribution is -1.78. The molecule has 0 aliphatic carbocycles. The Morgan fingerprint density at radius 1 is 0.786 bits per heavy atom. The molecule has 2 aromatic carbocycles. The largest absolute Gasteiger partial charge is 0.115 e. The summed E-state index contributed by atoms with van der Waals surface area (Å²) in [7, 11) is 0. The molecule has 0 fully saturated rings. The SMILES string of the molecule is C#Cc1cccc(-c2ccccc2)c1. The van der Waals surface area contributed by atoms with Gasteiger partial charge in [-0.3, -0.25) is 0 Å². The van der Waals surface area contributed by atoms with Gasteiger partial charge in [0.05, 0.1) is 0 Å². The Morgan fingerprint density at radius 2 is 1.50 bits per heavy atom. The van der Waals surface area contributed by atoms with Crippen LogP contribution in [0.5, 0.6) is 0 Å². The van der Waals surface area contributed by atoms with Crippen molar-refractivity contribution in [2.75, 3.05) is 0 Å². The van der Waals surface area contributed by atoms with Gasteiger partial charge >= 0.3 is 0 Å². The number of terminal acetylenes is 1. The minimum absolute atomic E-state index is 0.923. The highest BCUT2D eigenvalue weighted by Crippen LogP contribution is 2.19. The maximum absolute atomic E-state index is 5.35. The second kappa shape index (κ2) is 3.81. The fraction of sp³-hybridized carbons (Fsp3) is 0. The number of hydrogen-bond acceptors (Lipinski definition) is 0. The van der Waals surface area contributed by atoms with Crippen LogP contribution in [0.15, 0.2) is 54.6 Å². The van der Waals surface area contributed by atoms with Crippen LogP contribution >= 0.6 is 0 Å². The van der Waals surface area contributed by atoms with Gasteiger partial charge in [-0.05, 0) is 23.3 Å². The number of rotatable bonds is 1. The summed E-state index contributed by atoms with van der Waals surface area (Å²) in [6, 6.07) is 18.2. The van der Waals surface area contributed by atoms with E-state index >= 15 is 0 Å². The standard InChI is InChI=1S/C14H10/c1-2-12-7-6-10-14(11-12)13-8-4-3-5-9-13/h1,3-11H. The Hall–Kier alpha value is -2.00. The van der Waals surface area contributed by atoms with Crippen LogP contribution in [0.25, 0.3) is 11.1 Å². The van der Waals surface area contributed by atoms with E-state index in [-0.39, 0.29) is 0 Å². The van der Waals surface area contributed by atoms with Gasteiger partial charge in [0.15, 0.2) is 0 Å². The Kier molecular flexibility index (Phi) is 2.34. The molecule has 66 valence electrons. The first-order chi connectivity index (χ1) is 6.90. The monoisotopic (exact) mass is 178 g/mol. The minimum Gasteiger partial charge on any atom is -0.115 e. The number of hydrogen-bond donors (Lipinski definition) is 0. The van der Waals surface area contributed by atoms with Crippen molar-refractivity contribution in [2.24, 2.45) is 0 Å². The van der Waals surface area contributed by atoms with Crippen LogP contribution in [-0.2, 0) is 0 Å². The van der Waals surface area contributed by atoms with Gasteiger partial charge in [0.25, 0.3) is 0 Å². The molecule has 2 rings (SSSR count). The molecule has 0 bridgehead atoms. The van der Waals surface area contributed by atoms with Gasteiger partial charge in [-0.2, -0.15) is 0 Å². The highest BCUT2D eigenvalue weighted by Gasteiger charge is 1.95. The van der Waals surface area contributed by atoms with Crippen molar-refractivity contribution in [2.45, 2.75) is 0 Å². The lowest BCUT2D eigenvalue weighted by molar-refractivity contribution is 1.59. The van der Waals surface area contributed by atoms with Crippen molar-refractivity contribution in [1.29, 1.82) is 0 Å². The Morgan fingerprint density at radius 3 is 2.21 bits per heavy atom. The Labute approximate surface area is 84.2 Å². The Balaban J connectivity index is 2.49. The van der Waals surface area contributed by atoms with Gasteiger partial charge in [-0.25, -0.2) is 0 Å². The van der Waals surface area contributed by atoms with Crippen LogP contribution in [0.4, 0.5) is 0 Å². The molecule has 0 nitrogen and oxygen atoms in total. The van der Waals surface area contributed by atoms with E-state index in [1.807, 2.05) is 36.4 Å². The van der Waals surface area contributed by atoms with Crippen LogP contribution in [0, 0.1) is 12.3 Å². The van der Waals surface area contributed by atoms with Crippen molar-refractivity contribution in [1.82, 2.24) is 0 Å². The first-order valence-electron chi connectivity index (χ1n) is 4.52. The molecule has 14 heavy (non-hydrogen) atoms. The highest BCUT2D eigenvalue weighted by molar-refractivity contribution is 5.65. The van der Waals surface area contributed by atoms with Crippen LogP contribution < -0.4 is 0 Å². The molecule has 0 unspecified atom stereocenters. The summed E-state index contributed by atoms with van der Waals surface area (Å²) < 4.78 is 0. The topological polar surface area (TPSA) is 0 Å². The van der Waals surface area contributed by atoms with Crippen LogP contribution in [0.1, 0.15) is 5.56 Å². The molecule has 0 heteroatoms.